The van der Waals surface area contributed by atoms with E-state index in [9.17, 15) is 35.1 Å². The fraction of sp³-hybridized carbons (Fsp3) is 0.556. The van der Waals surface area contributed by atoms with Crippen LogP contribution in [0.25, 0.3) is 0 Å². The van der Waals surface area contributed by atoms with Gasteiger partial charge in [-0.1, -0.05) is 58.3 Å². The summed E-state index contributed by atoms with van der Waals surface area (Å²) in [7, 11) is 0. The van der Waals surface area contributed by atoms with E-state index in [2.05, 4.69) is 16.4 Å². The third-order valence-electron chi connectivity index (χ3n) is 6.84. The summed E-state index contributed by atoms with van der Waals surface area (Å²) >= 11 is 0. The lowest BCUT2D eigenvalue weighted by molar-refractivity contribution is -0.189. The molecule has 0 unspecified atom stereocenters. The van der Waals surface area contributed by atoms with Crippen molar-refractivity contribution >= 4 is 0 Å². The lowest BCUT2D eigenvalue weighted by Gasteiger charge is -2.28. The summed E-state index contributed by atoms with van der Waals surface area (Å²) in [5.41, 5.74) is -1.51. The molecule has 3 rings (SSSR count). The third kappa shape index (κ3) is 7.98. The van der Waals surface area contributed by atoms with Crippen molar-refractivity contribution in [2.75, 3.05) is 0 Å². The van der Waals surface area contributed by atoms with E-state index in [0.29, 0.717) is 24.7 Å². The van der Waals surface area contributed by atoms with Crippen molar-refractivity contribution in [3.8, 4) is 11.5 Å². The lowest BCUT2D eigenvalue weighted by Crippen LogP contribution is -2.25. The van der Waals surface area contributed by atoms with Crippen molar-refractivity contribution in [1.82, 2.24) is 0 Å². The summed E-state index contributed by atoms with van der Waals surface area (Å²) in [4.78, 5) is 0. The molecule has 0 amide bonds. The fourth-order valence-electron chi connectivity index (χ4n) is 4.91. The van der Waals surface area contributed by atoms with Gasteiger partial charge in [-0.15, -0.1) is 0 Å². The Labute approximate surface area is 211 Å². The summed E-state index contributed by atoms with van der Waals surface area (Å²) in [6.07, 6.45) is 5.51. The van der Waals surface area contributed by atoms with Crippen molar-refractivity contribution in [1.29, 1.82) is 0 Å². The minimum Gasteiger partial charge on any atom is -0.429 e. The highest BCUT2D eigenvalue weighted by molar-refractivity contribution is 5.36. The molecule has 10 heteroatoms. The van der Waals surface area contributed by atoms with Crippen LogP contribution in [-0.2, 0) is 12.5 Å². The van der Waals surface area contributed by atoms with Crippen LogP contribution >= 0.6 is 0 Å². The number of aryl methyl sites for hydroxylation is 1. The van der Waals surface area contributed by atoms with Crippen LogP contribution in [0.3, 0.4) is 0 Å². The molecule has 0 radical (unpaired) electrons. The molecule has 0 spiro atoms. The Kier molecular flexibility index (Phi) is 10.1. The maximum absolute atomic E-state index is 14.6. The van der Waals surface area contributed by atoms with Gasteiger partial charge < -0.3 is 9.47 Å². The smallest absolute Gasteiger partial charge is 0.429 e. The van der Waals surface area contributed by atoms with Gasteiger partial charge in [-0.05, 0) is 42.4 Å². The quantitative estimate of drug-likeness (QED) is 0.198. The van der Waals surface area contributed by atoms with Crippen molar-refractivity contribution in [3.05, 3.63) is 58.7 Å². The maximum atomic E-state index is 14.6. The standard InChI is InChI=1S/C27H30F8O2/c1-2-3-4-5-16-6-8-17(9-7-16)10-11-18-12-20(28)24(21(29)13-18)27(34,35)37-19-14-22(30)25(23(31)15-19)36-26(32)33/h12-17,26H,2-11H2,1H3. The zero-order valence-electron chi connectivity index (χ0n) is 20.5. The molecule has 1 saturated carbocycles. The molecule has 0 aromatic heterocycles. The Hall–Kier alpha value is -2.52. The largest absolute Gasteiger partial charge is 0.432 e. The molecule has 1 fully saturated rings. The molecule has 0 N–H and O–H groups in total. The number of benzene rings is 2. The average Bonchev–Trinajstić information content (AvgIpc) is 2.80. The van der Waals surface area contributed by atoms with Crippen LogP contribution in [0.15, 0.2) is 24.3 Å². The van der Waals surface area contributed by atoms with Gasteiger partial charge in [0.15, 0.2) is 17.4 Å². The highest BCUT2D eigenvalue weighted by Gasteiger charge is 2.41. The predicted molar refractivity (Wildman–Crippen MR) is 122 cm³/mol. The first-order valence-electron chi connectivity index (χ1n) is 12.5. The normalized spacial score (nSPS) is 18.3. The van der Waals surface area contributed by atoms with Gasteiger partial charge in [0.2, 0.25) is 0 Å². The Morgan fingerprint density at radius 2 is 1.35 bits per heavy atom. The molecule has 37 heavy (non-hydrogen) atoms. The second kappa shape index (κ2) is 12.8. The summed E-state index contributed by atoms with van der Waals surface area (Å²) in [5, 5.41) is 0. The van der Waals surface area contributed by atoms with Crippen LogP contribution in [0.2, 0.25) is 0 Å². The molecule has 0 bridgehead atoms. The van der Waals surface area contributed by atoms with E-state index in [1.807, 2.05) is 0 Å². The minimum atomic E-state index is -4.65. The second-order valence-electron chi connectivity index (χ2n) is 9.57. The predicted octanol–water partition coefficient (Wildman–Crippen LogP) is 9.29. The van der Waals surface area contributed by atoms with Crippen LogP contribution in [-0.4, -0.2) is 6.61 Å². The van der Waals surface area contributed by atoms with E-state index < -0.39 is 53.1 Å². The van der Waals surface area contributed by atoms with Gasteiger partial charge in [0.1, 0.15) is 22.9 Å². The highest BCUT2D eigenvalue weighted by Crippen LogP contribution is 2.38. The molecule has 2 nitrogen and oxygen atoms in total. The van der Waals surface area contributed by atoms with Crippen LogP contribution in [0.4, 0.5) is 35.1 Å². The molecule has 2 aromatic rings. The van der Waals surface area contributed by atoms with Crippen LogP contribution in [0.5, 0.6) is 11.5 Å². The third-order valence-corrected chi connectivity index (χ3v) is 6.84. The number of ether oxygens (including phenoxy) is 2. The lowest BCUT2D eigenvalue weighted by atomic mass is 9.78. The van der Waals surface area contributed by atoms with E-state index in [4.69, 9.17) is 0 Å². The molecule has 1 aliphatic rings. The van der Waals surface area contributed by atoms with Gasteiger partial charge in [0, 0.05) is 12.1 Å². The van der Waals surface area contributed by atoms with Crippen molar-refractivity contribution in [2.45, 2.75) is 83.9 Å². The van der Waals surface area contributed by atoms with Gasteiger partial charge in [0.05, 0.1) is 0 Å². The van der Waals surface area contributed by atoms with Crippen LogP contribution in [0.1, 0.15) is 75.8 Å². The van der Waals surface area contributed by atoms with E-state index in [0.717, 1.165) is 37.8 Å². The summed E-state index contributed by atoms with van der Waals surface area (Å²) in [6.45, 7) is -1.40. The Bertz CT molecular complexity index is 989. The Morgan fingerprint density at radius 3 is 1.86 bits per heavy atom. The Morgan fingerprint density at radius 1 is 0.811 bits per heavy atom. The van der Waals surface area contributed by atoms with Crippen LogP contribution < -0.4 is 9.47 Å². The zero-order chi connectivity index (χ0) is 27.2. The van der Waals surface area contributed by atoms with Crippen molar-refractivity contribution < 1.29 is 44.6 Å². The molecule has 206 valence electrons. The van der Waals surface area contributed by atoms with E-state index in [-0.39, 0.29) is 17.7 Å². The minimum absolute atomic E-state index is 0.150. The Balaban J connectivity index is 1.63. The van der Waals surface area contributed by atoms with Gasteiger partial charge in [-0.25, -0.2) is 17.6 Å². The molecule has 0 aliphatic heterocycles. The number of alkyl halides is 4. The summed E-state index contributed by atoms with van der Waals surface area (Å²) < 4.78 is 118. The molecule has 0 saturated heterocycles. The number of unbranched alkanes of at least 4 members (excludes halogenated alkanes) is 2. The average molecular weight is 539 g/mol. The van der Waals surface area contributed by atoms with E-state index >= 15 is 0 Å². The topological polar surface area (TPSA) is 18.5 Å². The molecule has 0 atom stereocenters. The van der Waals surface area contributed by atoms with Crippen LogP contribution in [0, 0.1) is 35.1 Å². The second-order valence-corrected chi connectivity index (χ2v) is 9.57. The van der Waals surface area contributed by atoms with Crippen molar-refractivity contribution in [2.24, 2.45) is 11.8 Å². The molecular formula is C27H30F8O2. The van der Waals surface area contributed by atoms with Gasteiger partial charge in [-0.3, -0.25) is 0 Å². The molecular weight excluding hydrogens is 508 g/mol. The number of hydrogen-bond donors (Lipinski definition) is 0. The number of hydrogen-bond acceptors (Lipinski definition) is 2. The van der Waals surface area contributed by atoms with Gasteiger partial charge in [-0.2, -0.15) is 17.6 Å². The van der Waals surface area contributed by atoms with Gasteiger partial charge >= 0.3 is 12.7 Å². The SMILES string of the molecule is CCCCCC1CCC(CCc2cc(F)c(C(F)(F)Oc3cc(F)c(OC(F)F)c(F)c3)c(F)c2)CC1. The van der Waals surface area contributed by atoms with Crippen molar-refractivity contribution in [3.63, 3.8) is 0 Å². The molecule has 2 aromatic carbocycles. The summed E-state index contributed by atoms with van der Waals surface area (Å²) in [5.74, 6) is -8.20. The first kappa shape index (κ1) is 29.0. The van der Waals surface area contributed by atoms with Gasteiger partial charge in [0.25, 0.3) is 0 Å². The molecule has 0 heterocycles. The monoisotopic (exact) mass is 538 g/mol. The van der Waals surface area contributed by atoms with E-state index in [1.54, 1.807) is 0 Å². The first-order chi connectivity index (χ1) is 17.5. The fourth-order valence-corrected chi connectivity index (χ4v) is 4.91. The summed E-state index contributed by atoms with van der Waals surface area (Å²) in [6, 6.07) is 1.90. The number of halogens is 8. The first-order valence-corrected chi connectivity index (χ1v) is 12.5. The number of rotatable bonds is 12. The zero-order valence-corrected chi connectivity index (χ0v) is 20.5. The van der Waals surface area contributed by atoms with E-state index in [1.165, 1.54) is 25.7 Å². The highest BCUT2D eigenvalue weighted by atomic mass is 19.3. The molecule has 1 aliphatic carbocycles. The maximum Gasteiger partial charge on any atom is 0.432 e.